The van der Waals surface area contributed by atoms with Crippen molar-refractivity contribution in [2.75, 3.05) is 0 Å². The van der Waals surface area contributed by atoms with Gasteiger partial charge >= 0.3 is 5.97 Å². The molecule has 1 aliphatic heterocycles. The first-order chi connectivity index (χ1) is 11.7. The van der Waals surface area contributed by atoms with Crippen LogP contribution in [0.3, 0.4) is 0 Å². The topological polar surface area (TPSA) is 76.7 Å². The van der Waals surface area contributed by atoms with E-state index < -0.39 is 28.5 Å². The van der Waals surface area contributed by atoms with Crippen molar-refractivity contribution in [3.8, 4) is 0 Å². The Bertz CT molecular complexity index is 710. The summed E-state index contributed by atoms with van der Waals surface area (Å²) >= 11 is 0. The van der Waals surface area contributed by atoms with Crippen molar-refractivity contribution >= 4 is 11.8 Å². The Morgan fingerprint density at radius 3 is 2.72 bits per heavy atom. The second-order valence-corrected chi connectivity index (χ2v) is 8.67. The first-order valence-electron chi connectivity index (χ1n) is 9.22. The zero-order valence-corrected chi connectivity index (χ0v) is 15.1. The van der Waals surface area contributed by atoms with E-state index in [2.05, 4.69) is 6.92 Å². The molecule has 5 nitrogen and oxygen atoms in total. The molecule has 1 aromatic rings. The summed E-state index contributed by atoms with van der Waals surface area (Å²) < 4.78 is 10.7. The van der Waals surface area contributed by atoms with Crippen LogP contribution in [0.2, 0.25) is 0 Å². The lowest BCUT2D eigenvalue weighted by molar-refractivity contribution is -0.212. The largest absolute Gasteiger partial charge is 0.472 e. The molecular weight excluding hydrogens is 320 g/mol. The normalized spacial score (nSPS) is 46.0. The van der Waals surface area contributed by atoms with Gasteiger partial charge < -0.3 is 14.3 Å². The fourth-order valence-electron chi connectivity index (χ4n) is 6.01. The number of ketones is 1. The van der Waals surface area contributed by atoms with Crippen LogP contribution in [-0.4, -0.2) is 28.6 Å². The summed E-state index contributed by atoms with van der Waals surface area (Å²) in [6.45, 7) is 5.76. The summed E-state index contributed by atoms with van der Waals surface area (Å²) in [6.07, 6.45) is 6.10. The average molecular weight is 346 g/mol. The second-order valence-electron chi connectivity index (χ2n) is 8.67. The Morgan fingerprint density at radius 2 is 2.04 bits per heavy atom. The number of aryl methyl sites for hydroxylation is 1. The molecule has 5 heteroatoms. The van der Waals surface area contributed by atoms with E-state index in [-0.39, 0.29) is 17.7 Å². The summed E-state index contributed by atoms with van der Waals surface area (Å²) in [5.41, 5.74) is -1.33. The minimum Gasteiger partial charge on any atom is -0.472 e. The van der Waals surface area contributed by atoms with E-state index in [0.29, 0.717) is 12.8 Å². The zero-order valence-electron chi connectivity index (χ0n) is 15.1. The molecule has 1 saturated heterocycles. The van der Waals surface area contributed by atoms with E-state index in [0.717, 1.165) is 24.8 Å². The Balaban J connectivity index is 1.76. The molecule has 2 saturated carbocycles. The Labute approximate surface area is 147 Å². The number of Topliss-reactive ketones (excluding diaryl/α,β-unsaturated/α-hetero) is 1. The number of aliphatic hydroxyl groups is 1. The molecule has 4 rings (SSSR count). The van der Waals surface area contributed by atoms with Gasteiger partial charge in [0.15, 0.2) is 11.9 Å². The maximum absolute atomic E-state index is 13.0. The minimum absolute atomic E-state index is 0.129. The maximum Gasteiger partial charge on any atom is 0.312 e. The average Bonchev–Trinajstić information content (AvgIpc) is 3.17. The maximum atomic E-state index is 13.0. The van der Waals surface area contributed by atoms with E-state index in [1.54, 1.807) is 19.5 Å². The molecule has 1 N–H and O–H groups in total. The molecule has 2 heterocycles. The highest BCUT2D eigenvalue weighted by Gasteiger charge is 2.73. The molecule has 6 atom stereocenters. The molecule has 1 aromatic heterocycles. The first-order valence-corrected chi connectivity index (χ1v) is 9.22. The molecule has 0 aromatic carbocycles. The van der Waals surface area contributed by atoms with Gasteiger partial charge in [0.2, 0.25) is 0 Å². The van der Waals surface area contributed by atoms with Crippen LogP contribution in [-0.2, 0) is 20.7 Å². The molecule has 3 fully saturated rings. The number of furan rings is 1. The van der Waals surface area contributed by atoms with Gasteiger partial charge in [-0.3, -0.25) is 9.59 Å². The fourth-order valence-corrected chi connectivity index (χ4v) is 6.01. The van der Waals surface area contributed by atoms with E-state index >= 15 is 0 Å². The fraction of sp³-hybridized carbons (Fsp3) is 0.700. The van der Waals surface area contributed by atoms with E-state index in [1.807, 2.05) is 13.0 Å². The molecule has 0 spiro atoms. The third kappa shape index (κ3) is 1.99. The summed E-state index contributed by atoms with van der Waals surface area (Å²) in [4.78, 5) is 25.5. The van der Waals surface area contributed by atoms with Gasteiger partial charge in [0.25, 0.3) is 0 Å². The monoisotopic (exact) mass is 346 g/mol. The van der Waals surface area contributed by atoms with Gasteiger partial charge in [-0.15, -0.1) is 0 Å². The molecule has 136 valence electrons. The van der Waals surface area contributed by atoms with E-state index in [4.69, 9.17) is 9.15 Å². The van der Waals surface area contributed by atoms with Crippen LogP contribution < -0.4 is 0 Å². The lowest BCUT2D eigenvalue weighted by Crippen LogP contribution is -2.68. The van der Waals surface area contributed by atoms with Crippen LogP contribution in [0.15, 0.2) is 23.0 Å². The van der Waals surface area contributed by atoms with Crippen LogP contribution in [0, 0.1) is 22.7 Å². The van der Waals surface area contributed by atoms with Gasteiger partial charge in [0.1, 0.15) is 0 Å². The van der Waals surface area contributed by atoms with Crippen molar-refractivity contribution in [3.05, 3.63) is 24.2 Å². The number of hydrogen-bond acceptors (Lipinski definition) is 5. The Hall–Kier alpha value is -1.62. The van der Waals surface area contributed by atoms with Crippen LogP contribution >= 0.6 is 0 Å². The minimum atomic E-state index is -1.15. The standard InChI is InChI=1S/C20H26O5/c1-12-14(21)15-16-18(2,17(22)25-15)7-4-8-19(16,3)20(12,23)9-5-13-6-10-24-11-13/h6,10-12,15-16,23H,4-5,7-9H2,1-3H3/t12-,15-,16+,18+,19+,20-/m1/s1. The van der Waals surface area contributed by atoms with Crippen molar-refractivity contribution < 1.29 is 23.8 Å². The number of hydrogen-bond donors (Lipinski definition) is 1. The van der Waals surface area contributed by atoms with Crippen molar-refractivity contribution in [1.82, 2.24) is 0 Å². The molecule has 2 aliphatic carbocycles. The summed E-state index contributed by atoms with van der Waals surface area (Å²) in [7, 11) is 0. The Kier molecular flexibility index (Phi) is 3.50. The smallest absolute Gasteiger partial charge is 0.312 e. The highest BCUT2D eigenvalue weighted by atomic mass is 16.6. The van der Waals surface area contributed by atoms with Crippen LogP contribution in [0.5, 0.6) is 0 Å². The molecule has 25 heavy (non-hydrogen) atoms. The van der Waals surface area contributed by atoms with E-state index in [9.17, 15) is 14.7 Å². The van der Waals surface area contributed by atoms with Gasteiger partial charge in [-0.25, -0.2) is 0 Å². The van der Waals surface area contributed by atoms with E-state index in [1.165, 1.54) is 0 Å². The number of carbonyl (C=O) groups is 2. The number of rotatable bonds is 3. The SMILES string of the molecule is C[C@@H]1C(=O)[C@H]2OC(=O)[C@@]3(C)CCC[C@@](C)([C@@H]23)[C@@]1(O)CCc1ccoc1. The third-order valence-corrected chi connectivity index (χ3v) is 7.56. The predicted molar refractivity (Wildman–Crippen MR) is 89.6 cm³/mol. The molecule has 0 amide bonds. The summed E-state index contributed by atoms with van der Waals surface area (Å²) in [5.74, 6) is -1.21. The molecular formula is C20H26O5. The van der Waals surface area contributed by atoms with Crippen LogP contribution in [0.4, 0.5) is 0 Å². The van der Waals surface area contributed by atoms with Crippen LogP contribution in [0.25, 0.3) is 0 Å². The quantitative estimate of drug-likeness (QED) is 0.852. The third-order valence-electron chi connectivity index (χ3n) is 7.56. The highest BCUT2D eigenvalue weighted by molar-refractivity contribution is 5.94. The zero-order chi connectivity index (χ0) is 18.0. The predicted octanol–water partition coefficient (Wildman–Crippen LogP) is 2.90. The Morgan fingerprint density at radius 1 is 1.28 bits per heavy atom. The molecule has 3 aliphatic rings. The number of carbonyl (C=O) groups excluding carboxylic acids is 2. The second kappa shape index (κ2) is 5.19. The highest BCUT2D eigenvalue weighted by Crippen LogP contribution is 2.66. The van der Waals surface area contributed by atoms with Crippen LogP contribution in [0.1, 0.15) is 52.0 Å². The molecule has 0 radical (unpaired) electrons. The molecule has 0 unspecified atom stereocenters. The van der Waals surface area contributed by atoms with Crippen molar-refractivity contribution in [2.45, 2.75) is 64.6 Å². The first kappa shape index (κ1) is 16.8. The summed E-state index contributed by atoms with van der Waals surface area (Å²) in [5, 5.41) is 11.8. The van der Waals surface area contributed by atoms with Gasteiger partial charge in [-0.05, 0) is 44.2 Å². The van der Waals surface area contributed by atoms with Crippen molar-refractivity contribution in [3.63, 3.8) is 0 Å². The van der Waals surface area contributed by atoms with Crippen molar-refractivity contribution in [2.24, 2.45) is 22.7 Å². The van der Waals surface area contributed by atoms with Gasteiger partial charge in [-0.2, -0.15) is 0 Å². The number of esters is 1. The summed E-state index contributed by atoms with van der Waals surface area (Å²) in [6, 6.07) is 1.89. The number of ether oxygens (including phenoxy) is 1. The van der Waals surface area contributed by atoms with Gasteiger partial charge in [0.05, 0.1) is 23.5 Å². The lowest BCUT2D eigenvalue weighted by Gasteiger charge is -2.60. The van der Waals surface area contributed by atoms with Crippen molar-refractivity contribution in [1.29, 1.82) is 0 Å². The lowest BCUT2D eigenvalue weighted by atomic mass is 9.43. The molecule has 0 bridgehead atoms. The van der Waals surface area contributed by atoms with Gasteiger partial charge in [0, 0.05) is 17.3 Å². The van der Waals surface area contributed by atoms with Gasteiger partial charge in [-0.1, -0.05) is 20.3 Å².